The van der Waals surface area contributed by atoms with Gasteiger partial charge in [-0.2, -0.15) is 13.2 Å². The summed E-state index contributed by atoms with van der Waals surface area (Å²) in [5, 5.41) is 0. The van der Waals surface area contributed by atoms with Gasteiger partial charge in [0.1, 0.15) is 0 Å². The number of alkyl halides is 3. The molecule has 1 aromatic rings. The molecule has 1 aliphatic rings. The molecule has 3 nitrogen and oxygen atoms in total. The second-order valence-corrected chi connectivity index (χ2v) is 4.32. The minimum Gasteiger partial charge on any atom is -0.399 e. The number of rotatable bonds is 2. The molecule has 1 aromatic carbocycles. The van der Waals surface area contributed by atoms with Gasteiger partial charge in [-0.15, -0.1) is 0 Å². The van der Waals surface area contributed by atoms with Gasteiger partial charge >= 0.3 is 6.18 Å². The SMILES string of the molecule is Nc1ccc2c(c1)C(=O)N(CCC(F)(F)F)CC2. The Morgan fingerprint density at radius 3 is 2.72 bits per heavy atom. The van der Waals surface area contributed by atoms with E-state index in [0.29, 0.717) is 24.2 Å². The molecule has 0 aliphatic carbocycles. The lowest BCUT2D eigenvalue weighted by molar-refractivity contribution is -0.136. The Morgan fingerprint density at radius 2 is 2.06 bits per heavy atom. The van der Waals surface area contributed by atoms with Crippen LogP contribution in [0.15, 0.2) is 18.2 Å². The van der Waals surface area contributed by atoms with Crippen molar-refractivity contribution >= 4 is 11.6 Å². The molecule has 0 atom stereocenters. The maximum atomic E-state index is 12.1. The zero-order chi connectivity index (χ0) is 13.3. The highest BCUT2D eigenvalue weighted by molar-refractivity contribution is 5.97. The molecule has 2 N–H and O–H groups in total. The van der Waals surface area contributed by atoms with Crippen LogP contribution in [0.1, 0.15) is 22.3 Å². The Bertz CT molecular complexity index is 471. The van der Waals surface area contributed by atoms with Crippen molar-refractivity contribution in [3.05, 3.63) is 29.3 Å². The van der Waals surface area contributed by atoms with E-state index in [-0.39, 0.29) is 12.5 Å². The van der Waals surface area contributed by atoms with Gasteiger partial charge in [0, 0.05) is 24.3 Å². The summed E-state index contributed by atoms with van der Waals surface area (Å²) in [6.07, 6.45) is -4.65. The van der Waals surface area contributed by atoms with E-state index >= 15 is 0 Å². The van der Waals surface area contributed by atoms with E-state index in [1.165, 1.54) is 11.0 Å². The van der Waals surface area contributed by atoms with Crippen molar-refractivity contribution in [2.75, 3.05) is 18.8 Å². The van der Waals surface area contributed by atoms with E-state index < -0.39 is 12.6 Å². The standard InChI is InChI=1S/C12H13F3N2O/c13-12(14,15)4-6-17-5-3-8-1-2-9(16)7-10(8)11(17)18/h1-2,7H,3-6,16H2. The number of hydrogen-bond donors (Lipinski definition) is 1. The highest BCUT2D eigenvalue weighted by Crippen LogP contribution is 2.24. The molecule has 0 radical (unpaired) electrons. The van der Waals surface area contributed by atoms with Crippen LogP contribution < -0.4 is 5.73 Å². The molecule has 18 heavy (non-hydrogen) atoms. The molecule has 0 spiro atoms. The highest BCUT2D eigenvalue weighted by Gasteiger charge is 2.31. The summed E-state index contributed by atoms with van der Waals surface area (Å²) in [4.78, 5) is 13.2. The van der Waals surface area contributed by atoms with Gasteiger partial charge in [0.05, 0.1) is 6.42 Å². The number of anilines is 1. The van der Waals surface area contributed by atoms with Crippen LogP contribution in [0, 0.1) is 0 Å². The quantitative estimate of drug-likeness (QED) is 0.827. The van der Waals surface area contributed by atoms with E-state index in [2.05, 4.69) is 0 Å². The Balaban J connectivity index is 2.13. The number of amides is 1. The zero-order valence-electron chi connectivity index (χ0n) is 9.63. The lowest BCUT2D eigenvalue weighted by Gasteiger charge is -2.29. The summed E-state index contributed by atoms with van der Waals surface area (Å²) in [5.74, 6) is -0.368. The second kappa shape index (κ2) is 4.51. The Kier molecular flexibility index (Phi) is 3.19. The lowest BCUT2D eigenvalue weighted by Crippen LogP contribution is -2.39. The number of benzene rings is 1. The van der Waals surface area contributed by atoms with Gasteiger partial charge in [0.15, 0.2) is 0 Å². The molecule has 6 heteroatoms. The number of halogens is 3. The number of nitrogens with two attached hydrogens (primary N) is 1. The Morgan fingerprint density at radius 1 is 1.33 bits per heavy atom. The third kappa shape index (κ3) is 2.75. The summed E-state index contributed by atoms with van der Waals surface area (Å²) in [6, 6.07) is 4.97. The van der Waals surface area contributed by atoms with Gasteiger partial charge in [0.25, 0.3) is 5.91 Å². The van der Waals surface area contributed by atoms with Gasteiger partial charge in [-0.3, -0.25) is 4.79 Å². The average Bonchev–Trinajstić information content (AvgIpc) is 2.28. The third-order valence-corrected chi connectivity index (χ3v) is 2.97. The van der Waals surface area contributed by atoms with Gasteiger partial charge in [-0.25, -0.2) is 0 Å². The number of nitrogens with zero attached hydrogens (tertiary/aromatic N) is 1. The number of nitrogen functional groups attached to an aromatic ring is 1. The molecule has 0 saturated carbocycles. The summed E-state index contributed by atoms with van der Waals surface area (Å²) in [7, 11) is 0. The first-order valence-electron chi connectivity index (χ1n) is 5.61. The van der Waals surface area contributed by atoms with Crippen molar-refractivity contribution in [2.45, 2.75) is 19.0 Å². The normalized spacial score (nSPS) is 15.7. The van der Waals surface area contributed by atoms with Crippen LogP contribution in [-0.4, -0.2) is 30.1 Å². The summed E-state index contributed by atoms with van der Waals surface area (Å²) in [5.41, 5.74) is 7.29. The van der Waals surface area contributed by atoms with Gasteiger partial charge in [0.2, 0.25) is 0 Å². The maximum absolute atomic E-state index is 12.1. The molecule has 2 rings (SSSR count). The van der Waals surface area contributed by atoms with Crippen molar-refractivity contribution < 1.29 is 18.0 Å². The molecular formula is C12H13F3N2O. The van der Waals surface area contributed by atoms with Crippen LogP contribution in [-0.2, 0) is 6.42 Å². The largest absolute Gasteiger partial charge is 0.399 e. The highest BCUT2D eigenvalue weighted by atomic mass is 19.4. The summed E-state index contributed by atoms with van der Waals surface area (Å²) < 4.78 is 36.4. The molecule has 0 fully saturated rings. The van der Waals surface area contributed by atoms with Crippen molar-refractivity contribution in [3.8, 4) is 0 Å². The summed E-state index contributed by atoms with van der Waals surface area (Å²) >= 11 is 0. The van der Waals surface area contributed by atoms with Crippen LogP contribution in [0.4, 0.5) is 18.9 Å². The summed E-state index contributed by atoms with van der Waals surface area (Å²) in [6.45, 7) is 0.0302. The fraction of sp³-hybridized carbons (Fsp3) is 0.417. The predicted octanol–water partition coefficient (Wildman–Crippen LogP) is 2.22. The van der Waals surface area contributed by atoms with Gasteiger partial charge < -0.3 is 10.6 Å². The Labute approximate surface area is 102 Å². The lowest BCUT2D eigenvalue weighted by atomic mass is 9.98. The number of fused-ring (bicyclic) bond motifs is 1. The molecule has 1 amide bonds. The Hall–Kier alpha value is -1.72. The van der Waals surface area contributed by atoms with Crippen LogP contribution in [0.2, 0.25) is 0 Å². The molecular weight excluding hydrogens is 245 g/mol. The van der Waals surface area contributed by atoms with E-state index in [4.69, 9.17) is 5.73 Å². The molecule has 1 heterocycles. The number of hydrogen-bond acceptors (Lipinski definition) is 2. The van der Waals surface area contributed by atoms with E-state index in [0.717, 1.165) is 5.56 Å². The first-order chi connectivity index (χ1) is 8.37. The molecule has 0 unspecified atom stereocenters. The minimum absolute atomic E-state index is 0.295. The van der Waals surface area contributed by atoms with Crippen LogP contribution >= 0.6 is 0 Å². The van der Waals surface area contributed by atoms with Crippen LogP contribution in [0.25, 0.3) is 0 Å². The first-order valence-corrected chi connectivity index (χ1v) is 5.61. The van der Waals surface area contributed by atoms with Crippen molar-refractivity contribution in [3.63, 3.8) is 0 Å². The molecule has 0 saturated heterocycles. The predicted molar refractivity (Wildman–Crippen MR) is 61.1 cm³/mol. The fourth-order valence-electron chi connectivity index (χ4n) is 2.01. The van der Waals surface area contributed by atoms with Crippen molar-refractivity contribution in [2.24, 2.45) is 0 Å². The van der Waals surface area contributed by atoms with E-state index in [9.17, 15) is 18.0 Å². The monoisotopic (exact) mass is 258 g/mol. The molecule has 0 aromatic heterocycles. The van der Waals surface area contributed by atoms with E-state index in [1.807, 2.05) is 0 Å². The fourth-order valence-corrected chi connectivity index (χ4v) is 2.01. The van der Waals surface area contributed by atoms with Crippen molar-refractivity contribution in [1.82, 2.24) is 4.90 Å². The number of carbonyl (C=O) groups excluding carboxylic acids is 1. The first kappa shape index (κ1) is 12.7. The topological polar surface area (TPSA) is 46.3 Å². The average molecular weight is 258 g/mol. The zero-order valence-corrected chi connectivity index (χ0v) is 9.63. The van der Waals surface area contributed by atoms with Gasteiger partial charge in [-0.1, -0.05) is 6.07 Å². The van der Waals surface area contributed by atoms with Gasteiger partial charge in [-0.05, 0) is 24.1 Å². The van der Waals surface area contributed by atoms with Crippen LogP contribution in [0.3, 0.4) is 0 Å². The second-order valence-electron chi connectivity index (χ2n) is 4.32. The van der Waals surface area contributed by atoms with Crippen molar-refractivity contribution in [1.29, 1.82) is 0 Å². The molecule has 98 valence electrons. The maximum Gasteiger partial charge on any atom is 0.390 e. The third-order valence-electron chi connectivity index (χ3n) is 2.97. The smallest absolute Gasteiger partial charge is 0.390 e. The molecule has 1 aliphatic heterocycles. The number of carbonyl (C=O) groups is 1. The van der Waals surface area contributed by atoms with E-state index in [1.54, 1.807) is 12.1 Å². The van der Waals surface area contributed by atoms with Crippen LogP contribution in [0.5, 0.6) is 0 Å². The minimum atomic E-state index is -4.24. The molecule has 0 bridgehead atoms.